The maximum atomic E-state index is 12.6. The summed E-state index contributed by atoms with van der Waals surface area (Å²) < 4.78 is 12.2. The molecule has 136 valence electrons. The Balaban J connectivity index is 1.89. The van der Waals surface area contributed by atoms with Crippen molar-refractivity contribution in [3.05, 3.63) is 59.0 Å². The number of hydrogen-bond acceptors (Lipinski definition) is 6. The number of aromatic nitrogens is 1. The molecule has 27 heavy (non-hydrogen) atoms. The molecule has 0 saturated carbocycles. The molecule has 3 aromatic rings. The van der Waals surface area contributed by atoms with Crippen molar-refractivity contribution < 1.29 is 29.3 Å². The molecule has 0 aliphatic carbocycles. The number of methoxy groups -OCH3 is 1. The number of aromatic hydroxyl groups is 2. The normalized spacial score (nSPS) is 14.4. The molecule has 0 atom stereocenters. The predicted octanol–water partition coefficient (Wildman–Crippen LogP) is 2.99. The Kier molecular flexibility index (Phi) is 3.66. The fourth-order valence-corrected chi connectivity index (χ4v) is 3.29. The summed E-state index contributed by atoms with van der Waals surface area (Å²) in [6.07, 6.45) is 3.27. The number of ether oxygens (including phenoxy) is 2. The number of nitrogens with zero attached hydrogens (tertiary/aromatic N) is 1. The zero-order chi connectivity index (χ0) is 19.3. The minimum absolute atomic E-state index is 0.00696. The van der Waals surface area contributed by atoms with Gasteiger partial charge in [-0.15, -0.1) is 0 Å². The van der Waals surface area contributed by atoms with Crippen molar-refractivity contribution in [1.82, 2.24) is 4.57 Å². The number of fused-ring (bicyclic) bond motifs is 2. The topological polar surface area (TPSA) is 98.0 Å². The second kappa shape index (κ2) is 5.91. The molecule has 0 bridgehead atoms. The van der Waals surface area contributed by atoms with Gasteiger partial charge in [0.05, 0.1) is 12.7 Å². The average Bonchev–Trinajstić information content (AvgIpc) is 3.12. The summed E-state index contributed by atoms with van der Waals surface area (Å²) in [6, 6.07) is 7.58. The molecular formula is C20H15NO6. The Labute approximate surface area is 153 Å². The molecule has 4 rings (SSSR count). The molecule has 2 aromatic carbocycles. The number of carbonyl (C=O) groups is 2. The SMILES string of the molecule is COC(=O)c1cccc2c1c(/C=C1/Oc3cc(O)cc(O)c3C1=O)cn2C. The number of phenolic OH excluding ortho intramolecular Hbond substituents is 2. The number of allylic oxidation sites excluding steroid dienone is 1. The van der Waals surface area contributed by atoms with Crippen LogP contribution in [0, 0.1) is 0 Å². The Morgan fingerprint density at radius 3 is 2.78 bits per heavy atom. The van der Waals surface area contributed by atoms with Crippen molar-refractivity contribution in [2.45, 2.75) is 0 Å². The van der Waals surface area contributed by atoms with E-state index in [0.29, 0.717) is 16.5 Å². The van der Waals surface area contributed by atoms with E-state index in [1.165, 1.54) is 19.3 Å². The summed E-state index contributed by atoms with van der Waals surface area (Å²) in [7, 11) is 3.12. The number of carbonyl (C=O) groups excluding carboxylic acids is 2. The molecule has 0 fully saturated rings. The number of benzene rings is 2. The van der Waals surface area contributed by atoms with Crippen LogP contribution in [0.1, 0.15) is 26.3 Å². The van der Waals surface area contributed by atoms with Crippen molar-refractivity contribution in [2.24, 2.45) is 7.05 Å². The largest absolute Gasteiger partial charge is 0.508 e. The van der Waals surface area contributed by atoms with Gasteiger partial charge in [0.2, 0.25) is 5.78 Å². The molecule has 0 spiro atoms. The summed E-state index contributed by atoms with van der Waals surface area (Å²) in [5.74, 6) is -1.49. The van der Waals surface area contributed by atoms with Crippen LogP contribution in [0.5, 0.6) is 17.2 Å². The number of aryl methyl sites for hydroxylation is 1. The van der Waals surface area contributed by atoms with Crippen molar-refractivity contribution in [1.29, 1.82) is 0 Å². The predicted molar refractivity (Wildman–Crippen MR) is 97.0 cm³/mol. The van der Waals surface area contributed by atoms with Crippen molar-refractivity contribution >= 4 is 28.7 Å². The van der Waals surface area contributed by atoms with E-state index < -0.39 is 11.8 Å². The van der Waals surface area contributed by atoms with Crippen LogP contribution in [0.15, 0.2) is 42.3 Å². The quantitative estimate of drug-likeness (QED) is 0.535. The van der Waals surface area contributed by atoms with E-state index in [0.717, 1.165) is 11.6 Å². The number of esters is 1. The van der Waals surface area contributed by atoms with Gasteiger partial charge in [0, 0.05) is 41.8 Å². The minimum atomic E-state index is -0.505. The first-order chi connectivity index (χ1) is 12.9. The number of phenols is 2. The fourth-order valence-electron chi connectivity index (χ4n) is 3.29. The van der Waals surface area contributed by atoms with E-state index >= 15 is 0 Å². The third-order valence-corrected chi connectivity index (χ3v) is 4.47. The van der Waals surface area contributed by atoms with Crippen molar-refractivity contribution in [2.75, 3.05) is 7.11 Å². The molecule has 0 radical (unpaired) electrons. The van der Waals surface area contributed by atoms with Gasteiger partial charge in [-0.3, -0.25) is 4.79 Å². The molecule has 7 nitrogen and oxygen atoms in total. The Morgan fingerprint density at radius 1 is 1.26 bits per heavy atom. The van der Waals surface area contributed by atoms with Gasteiger partial charge in [-0.2, -0.15) is 0 Å². The Morgan fingerprint density at radius 2 is 2.04 bits per heavy atom. The number of hydrogen-bond donors (Lipinski definition) is 2. The third-order valence-electron chi connectivity index (χ3n) is 4.47. The van der Waals surface area contributed by atoms with E-state index in [1.54, 1.807) is 18.3 Å². The number of ketones is 1. The first kappa shape index (κ1) is 16.7. The van der Waals surface area contributed by atoms with Crippen LogP contribution in [-0.2, 0) is 11.8 Å². The summed E-state index contributed by atoms with van der Waals surface area (Å²) in [5, 5.41) is 20.1. The highest BCUT2D eigenvalue weighted by molar-refractivity contribution is 6.17. The average molecular weight is 365 g/mol. The molecule has 0 saturated heterocycles. The van der Waals surface area contributed by atoms with Crippen LogP contribution < -0.4 is 4.74 Å². The summed E-state index contributed by atoms with van der Waals surface area (Å²) in [6.45, 7) is 0. The molecular weight excluding hydrogens is 350 g/mol. The van der Waals surface area contributed by atoms with E-state index in [1.807, 2.05) is 17.7 Å². The maximum Gasteiger partial charge on any atom is 0.338 e. The number of rotatable bonds is 2. The van der Waals surface area contributed by atoms with E-state index in [4.69, 9.17) is 9.47 Å². The highest BCUT2D eigenvalue weighted by Gasteiger charge is 2.31. The van der Waals surface area contributed by atoms with Gasteiger partial charge in [0.15, 0.2) is 5.76 Å². The van der Waals surface area contributed by atoms with Crippen LogP contribution in [0.25, 0.3) is 17.0 Å². The fraction of sp³-hybridized carbons (Fsp3) is 0.100. The monoisotopic (exact) mass is 365 g/mol. The van der Waals surface area contributed by atoms with E-state index in [9.17, 15) is 19.8 Å². The lowest BCUT2D eigenvalue weighted by molar-refractivity contribution is 0.0603. The zero-order valence-corrected chi connectivity index (χ0v) is 14.5. The van der Waals surface area contributed by atoms with Gasteiger partial charge >= 0.3 is 5.97 Å². The second-order valence-electron chi connectivity index (χ2n) is 6.16. The molecule has 0 amide bonds. The van der Waals surface area contributed by atoms with E-state index in [-0.39, 0.29) is 28.6 Å². The van der Waals surface area contributed by atoms with Gasteiger partial charge in [-0.25, -0.2) is 4.79 Å². The molecule has 1 aliphatic heterocycles. The molecule has 1 aromatic heterocycles. The highest BCUT2D eigenvalue weighted by Crippen LogP contribution is 2.41. The lowest BCUT2D eigenvalue weighted by Gasteiger charge is -2.03. The lowest BCUT2D eigenvalue weighted by atomic mass is 10.0. The van der Waals surface area contributed by atoms with Crippen LogP contribution in [0.3, 0.4) is 0 Å². The highest BCUT2D eigenvalue weighted by atomic mass is 16.5. The first-order valence-corrected chi connectivity index (χ1v) is 8.07. The number of Topliss-reactive ketones (excluding diaryl/α,β-unsaturated/α-hetero) is 1. The molecule has 1 aliphatic rings. The van der Waals surface area contributed by atoms with Crippen molar-refractivity contribution in [3.8, 4) is 17.2 Å². The standard InChI is InChI=1S/C20H15NO6/c1-21-9-10(17-12(20(25)26-2)4-3-5-13(17)21)6-16-19(24)18-14(23)7-11(22)8-15(18)27-16/h3-9,22-23H,1-2H3/b16-6+. The minimum Gasteiger partial charge on any atom is -0.508 e. The van der Waals surface area contributed by atoms with Gasteiger partial charge in [-0.05, 0) is 18.2 Å². The Hall–Kier alpha value is -3.74. The van der Waals surface area contributed by atoms with Gasteiger partial charge in [0.25, 0.3) is 0 Å². The van der Waals surface area contributed by atoms with Crippen LogP contribution in [0.2, 0.25) is 0 Å². The van der Waals surface area contributed by atoms with Crippen molar-refractivity contribution in [3.63, 3.8) is 0 Å². The maximum absolute atomic E-state index is 12.6. The summed E-state index contributed by atoms with van der Waals surface area (Å²) in [4.78, 5) is 24.8. The van der Waals surface area contributed by atoms with Crippen LogP contribution in [-0.4, -0.2) is 33.6 Å². The summed E-state index contributed by atoms with van der Waals surface area (Å²) >= 11 is 0. The molecule has 7 heteroatoms. The zero-order valence-electron chi connectivity index (χ0n) is 14.5. The van der Waals surface area contributed by atoms with Crippen LogP contribution in [0.4, 0.5) is 0 Å². The Bertz CT molecular complexity index is 1150. The van der Waals surface area contributed by atoms with Gasteiger partial charge < -0.3 is 24.3 Å². The third kappa shape index (κ3) is 2.52. The van der Waals surface area contributed by atoms with E-state index in [2.05, 4.69) is 0 Å². The second-order valence-corrected chi connectivity index (χ2v) is 6.16. The smallest absolute Gasteiger partial charge is 0.338 e. The molecule has 2 N–H and O–H groups in total. The molecule has 2 heterocycles. The first-order valence-electron chi connectivity index (χ1n) is 8.07. The van der Waals surface area contributed by atoms with Gasteiger partial charge in [-0.1, -0.05) is 6.07 Å². The molecule has 0 unspecified atom stereocenters. The lowest BCUT2D eigenvalue weighted by Crippen LogP contribution is -2.02. The van der Waals surface area contributed by atoms with Gasteiger partial charge in [0.1, 0.15) is 22.8 Å². The van der Waals surface area contributed by atoms with Crippen LogP contribution >= 0.6 is 0 Å². The summed E-state index contributed by atoms with van der Waals surface area (Å²) in [5.41, 5.74) is 1.74.